The van der Waals surface area contributed by atoms with Gasteiger partial charge in [0.1, 0.15) is 0 Å². The topological polar surface area (TPSA) is 52.9 Å². The Kier molecular flexibility index (Phi) is 6.44. The van der Waals surface area contributed by atoms with Gasteiger partial charge in [-0.05, 0) is 24.5 Å². The molecule has 0 unspecified atom stereocenters. The second kappa shape index (κ2) is 7.85. The number of hydrogen-bond donors (Lipinski definition) is 1. The molecule has 0 aliphatic rings. The van der Waals surface area contributed by atoms with E-state index >= 15 is 0 Å². The number of nitrogens with one attached hydrogen (secondary N) is 1. The van der Waals surface area contributed by atoms with E-state index in [1.54, 1.807) is 6.07 Å². The highest BCUT2D eigenvalue weighted by Gasteiger charge is 2.10. The fourth-order valence-electron chi connectivity index (χ4n) is 1.47. The molecule has 1 N–H and O–H groups in total. The van der Waals surface area contributed by atoms with Gasteiger partial charge in [0.25, 0.3) is 0 Å². The third-order valence-electron chi connectivity index (χ3n) is 3.02. The summed E-state index contributed by atoms with van der Waals surface area (Å²) in [5.41, 5.74) is 1.67. The molecule has 1 aromatic rings. The van der Waals surface area contributed by atoms with Gasteiger partial charge in [-0.2, -0.15) is 5.26 Å². The predicted octanol–water partition coefficient (Wildman–Crippen LogP) is 2.95. The number of hydrogen-bond acceptors (Lipinski definition) is 3. The number of carbonyl (C=O) groups excluding carboxylic acids is 1. The zero-order valence-electron chi connectivity index (χ0n) is 11.6. The molecule has 0 bridgehead atoms. The SMILES string of the molecule is CC(C)[C@H](C)NC(=O)CSCc1ccccc1C#N. The van der Waals surface area contributed by atoms with Gasteiger partial charge in [-0.1, -0.05) is 32.0 Å². The molecular weight excluding hydrogens is 256 g/mol. The van der Waals surface area contributed by atoms with Gasteiger partial charge in [-0.25, -0.2) is 0 Å². The lowest BCUT2D eigenvalue weighted by molar-refractivity contribution is -0.119. The zero-order valence-corrected chi connectivity index (χ0v) is 12.5. The Balaban J connectivity index is 2.38. The van der Waals surface area contributed by atoms with Crippen LogP contribution in [0.2, 0.25) is 0 Å². The Morgan fingerprint density at radius 2 is 2.05 bits per heavy atom. The molecule has 0 saturated heterocycles. The molecule has 0 aliphatic heterocycles. The van der Waals surface area contributed by atoms with Crippen molar-refractivity contribution in [3.05, 3.63) is 35.4 Å². The summed E-state index contributed by atoms with van der Waals surface area (Å²) >= 11 is 1.53. The number of benzene rings is 1. The van der Waals surface area contributed by atoms with Crippen molar-refractivity contribution in [3.8, 4) is 6.07 Å². The summed E-state index contributed by atoms with van der Waals surface area (Å²) in [6, 6.07) is 9.86. The van der Waals surface area contributed by atoms with Gasteiger partial charge < -0.3 is 5.32 Å². The van der Waals surface area contributed by atoms with Crippen LogP contribution >= 0.6 is 11.8 Å². The highest BCUT2D eigenvalue weighted by Crippen LogP contribution is 2.15. The van der Waals surface area contributed by atoms with Crippen LogP contribution in [0.1, 0.15) is 31.9 Å². The van der Waals surface area contributed by atoms with E-state index in [4.69, 9.17) is 5.26 Å². The minimum atomic E-state index is 0.0561. The number of amides is 1. The quantitative estimate of drug-likeness (QED) is 0.869. The number of nitrogens with zero attached hydrogens (tertiary/aromatic N) is 1. The Morgan fingerprint density at radius 1 is 1.37 bits per heavy atom. The molecule has 0 saturated carbocycles. The van der Waals surface area contributed by atoms with Crippen molar-refractivity contribution in [1.82, 2.24) is 5.32 Å². The van der Waals surface area contributed by atoms with Gasteiger partial charge in [-0.15, -0.1) is 11.8 Å². The molecule has 0 aromatic heterocycles. The van der Waals surface area contributed by atoms with Crippen LogP contribution in [-0.4, -0.2) is 17.7 Å². The lowest BCUT2D eigenvalue weighted by atomic mass is 10.1. The molecule has 0 fully saturated rings. The van der Waals surface area contributed by atoms with Gasteiger partial charge >= 0.3 is 0 Å². The standard InChI is InChI=1S/C15H20N2OS/c1-11(2)12(3)17-15(18)10-19-9-14-7-5-4-6-13(14)8-16/h4-7,11-12H,9-10H2,1-3H3,(H,17,18)/t12-/m0/s1. The van der Waals surface area contributed by atoms with Crippen molar-refractivity contribution >= 4 is 17.7 Å². The van der Waals surface area contributed by atoms with E-state index in [1.165, 1.54) is 11.8 Å². The summed E-state index contributed by atoms with van der Waals surface area (Å²) in [5.74, 6) is 1.61. The average Bonchev–Trinajstić information content (AvgIpc) is 2.39. The fraction of sp³-hybridized carbons (Fsp3) is 0.467. The molecule has 19 heavy (non-hydrogen) atoms. The van der Waals surface area contributed by atoms with E-state index in [2.05, 4.69) is 25.2 Å². The summed E-state index contributed by atoms with van der Waals surface area (Å²) in [6.45, 7) is 6.18. The summed E-state index contributed by atoms with van der Waals surface area (Å²) in [7, 11) is 0. The second-order valence-electron chi connectivity index (χ2n) is 4.86. The maximum absolute atomic E-state index is 11.7. The van der Waals surface area contributed by atoms with E-state index < -0.39 is 0 Å². The first-order chi connectivity index (χ1) is 9.04. The second-order valence-corrected chi connectivity index (χ2v) is 5.85. The minimum Gasteiger partial charge on any atom is -0.353 e. The van der Waals surface area contributed by atoms with Crippen LogP contribution in [0, 0.1) is 17.2 Å². The fourth-order valence-corrected chi connectivity index (χ4v) is 2.31. The van der Waals surface area contributed by atoms with Crippen LogP contribution in [0.3, 0.4) is 0 Å². The summed E-state index contributed by atoms with van der Waals surface area (Å²) in [6.07, 6.45) is 0. The Labute approximate surface area is 119 Å². The number of thioether (sulfide) groups is 1. The van der Waals surface area contributed by atoms with Crippen LogP contribution in [0.15, 0.2) is 24.3 Å². The molecular formula is C15H20N2OS. The smallest absolute Gasteiger partial charge is 0.230 e. The first kappa shape index (κ1) is 15.6. The summed E-state index contributed by atoms with van der Waals surface area (Å²) in [4.78, 5) is 11.7. The number of rotatable bonds is 6. The van der Waals surface area contributed by atoms with Gasteiger partial charge in [0.2, 0.25) is 5.91 Å². The van der Waals surface area contributed by atoms with Crippen molar-refractivity contribution in [2.45, 2.75) is 32.6 Å². The lowest BCUT2D eigenvalue weighted by Gasteiger charge is -2.17. The van der Waals surface area contributed by atoms with Crippen molar-refractivity contribution in [1.29, 1.82) is 5.26 Å². The van der Waals surface area contributed by atoms with Crippen molar-refractivity contribution in [2.75, 3.05) is 5.75 Å². The van der Waals surface area contributed by atoms with Crippen LogP contribution in [0.4, 0.5) is 0 Å². The maximum atomic E-state index is 11.7. The van der Waals surface area contributed by atoms with Gasteiger partial charge in [0.05, 0.1) is 17.4 Å². The molecule has 4 heteroatoms. The molecule has 1 atom stereocenters. The first-order valence-electron chi connectivity index (χ1n) is 6.39. The van der Waals surface area contributed by atoms with E-state index in [1.807, 2.05) is 25.1 Å². The van der Waals surface area contributed by atoms with Crippen LogP contribution in [-0.2, 0) is 10.5 Å². The molecule has 3 nitrogen and oxygen atoms in total. The molecule has 0 spiro atoms. The Hall–Kier alpha value is -1.47. The predicted molar refractivity (Wildman–Crippen MR) is 79.8 cm³/mol. The van der Waals surface area contributed by atoms with E-state index in [-0.39, 0.29) is 11.9 Å². The minimum absolute atomic E-state index is 0.0561. The Bertz CT molecular complexity index is 465. The Morgan fingerprint density at radius 3 is 2.68 bits per heavy atom. The highest BCUT2D eigenvalue weighted by molar-refractivity contribution is 7.99. The van der Waals surface area contributed by atoms with Crippen molar-refractivity contribution < 1.29 is 4.79 Å². The molecule has 1 amide bonds. The summed E-state index contributed by atoms with van der Waals surface area (Å²) < 4.78 is 0. The molecule has 0 radical (unpaired) electrons. The third kappa shape index (κ3) is 5.35. The average molecular weight is 276 g/mol. The van der Waals surface area contributed by atoms with Crippen LogP contribution in [0.5, 0.6) is 0 Å². The van der Waals surface area contributed by atoms with Crippen molar-refractivity contribution in [2.24, 2.45) is 5.92 Å². The van der Waals surface area contributed by atoms with Crippen LogP contribution in [0.25, 0.3) is 0 Å². The number of nitriles is 1. The third-order valence-corrected chi connectivity index (χ3v) is 4.00. The zero-order chi connectivity index (χ0) is 14.3. The lowest BCUT2D eigenvalue weighted by Crippen LogP contribution is -2.37. The summed E-state index contributed by atoms with van der Waals surface area (Å²) in [5, 5.41) is 11.9. The van der Waals surface area contributed by atoms with Gasteiger partial charge in [-0.3, -0.25) is 4.79 Å². The largest absolute Gasteiger partial charge is 0.353 e. The normalized spacial score (nSPS) is 11.9. The molecule has 0 aliphatic carbocycles. The molecule has 1 rings (SSSR count). The maximum Gasteiger partial charge on any atom is 0.230 e. The molecule has 0 heterocycles. The van der Waals surface area contributed by atoms with Crippen molar-refractivity contribution in [3.63, 3.8) is 0 Å². The molecule has 102 valence electrons. The van der Waals surface area contributed by atoms with Crippen LogP contribution < -0.4 is 5.32 Å². The van der Waals surface area contributed by atoms with Gasteiger partial charge in [0.15, 0.2) is 0 Å². The van der Waals surface area contributed by atoms with E-state index in [0.29, 0.717) is 23.0 Å². The highest BCUT2D eigenvalue weighted by atomic mass is 32.2. The number of carbonyl (C=O) groups is 1. The first-order valence-corrected chi connectivity index (χ1v) is 7.55. The van der Waals surface area contributed by atoms with Gasteiger partial charge in [0, 0.05) is 11.8 Å². The van der Waals surface area contributed by atoms with E-state index in [0.717, 1.165) is 5.56 Å². The molecule has 1 aromatic carbocycles. The van der Waals surface area contributed by atoms with E-state index in [9.17, 15) is 4.79 Å². The monoisotopic (exact) mass is 276 g/mol.